The Hall–Kier alpha value is -2.92. The number of methoxy groups -OCH3 is 1. The van der Waals surface area contributed by atoms with Gasteiger partial charge in [0.25, 0.3) is 0 Å². The molecule has 1 heterocycles. The van der Waals surface area contributed by atoms with Crippen molar-refractivity contribution in [1.82, 2.24) is 4.98 Å². The van der Waals surface area contributed by atoms with Crippen molar-refractivity contribution in [3.63, 3.8) is 0 Å². The van der Waals surface area contributed by atoms with Crippen LogP contribution in [0.5, 0.6) is 11.5 Å². The Bertz CT molecular complexity index is 1030. The molecule has 0 unspecified atom stereocenters. The van der Waals surface area contributed by atoms with Crippen LogP contribution in [0.4, 0.5) is 4.39 Å². The van der Waals surface area contributed by atoms with Gasteiger partial charge in [-0.15, -0.1) is 11.3 Å². The molecule has 4 aromatic rings. The van der Waals surface area contributed by atoms with E-state index in [1.54, 1.807) is 36.6 Å². The summed E-state index contributed by atoms with van der Waals surface area (Å²) in [5, 5.41) is 0.921. The number of halogens is 1. The van der Waals surface area contributed by atoms with Gasteiger partial charge in [0.2, 0.25) is 0 Å². The van der Waals surface area contributed by atoms with Crippen LogP contribution in [0.3, 0.4) is 0 Å². The van der Waals surface area contributed by atoms with E-state index in [9.17, 15) is 4.39 Å². The second-order valence-corrected chi connectivity index (χ2v) is 6.76. The molecule has 0 aliphatic heterocycles. The van der Waals surface area contributed by atoms with Crippen LogP contribution >= 0.6 is 11.3 Å². The number of thiazole rings is 1. The third-order valence-corrected chi connectivity index (χ3v) is 5.13. The Morgan fingerprint density at radius 2 is 1.77 bits per heavy atom. The Morgan fingerprint density at radius 1 is 0.962 bits per heavy atom. The van der Waals surface area contributed by atoms with Gasteiger partial charge in [-0.2, -0.15) is 0 Å². The first-order chi connectivity index (χ1) is 12.7. The summed E-state index contributed by atoms with van der Waals surface area (Å²) >= 11 is 1.63. The van der Waals surface area contributed by atoms with Crippen LogP contribution < -0.4 is 9.47 Å². The van der Waals surface area contributed by atoms with Crippen molar-refractivity contribution in [3.8, 4) is 22.1 Å². The predicted octanol–water partition coefficient (Wildman–Crippen LogP) is 5.69. The third kappa shape index (κ3) is 3.26. The molecule has 0 radical (unpaired) electrons. The highest BCUT2D eigenvalue weighted by Gasteiger charge is 2.11. The first-order valence-electron chi connectivity index (χ1n) is 8.15. The van der Waals surface area contributed by atoms with Gasteiger partial charge in [0.1, 0.15) is 17.4 Å². The van der Waals surface area contributed by atoms with Crippen molar-refractivity contribution in [3.05, 3.63) is 78.1 Å². The molecular formula is C21H16FNO2S. The monoisotopic (exact) mass is 365 g/mol. The smallest absolute Gasteiger partial charge is 0.161 e. The van der Waals surface area contributed by atoms with Gasteiger partial charge in [0.15, 0.2) is 11.5 Å². The number of fused-ring (bicyclic) bond motifs is 1. The van der Waals surface area contributed by atoms with Gasteiger partial charge in [-0.25, -0.2) is 9.37 Å². The number of benzene rings is 3. The van der Waals surface area contributed by atoms with Crippen molar-refractivity contribution < 1.29 is 13.9 Å². The second kappa shape index (κ2) is 7.14. The molecule has 5 heteroatoms. The second-order valence-electron chi connectivity index (χ2n) is 5.73. The lowest BCUT2D eigenvalue weighted by atomic mass is 10.2. The lowest BCUT2D eigenvalue weighted by molar-refractivity contribution is 0.280. The zero-order chi connectivity index (χ0) is 17.9. The predicted molar refractivity (Wildman–Crippen MR) is 102 cm³/mol. The molecule has 0 amide bonds. The number of rotatable bonds is 5. The summed E-state index contributed by atoms with van der Waals surface area (Å²) in [6, 6.07) is 20.3. The molecule has 0 spiro atoms. The van der Waals surface area contributed by atoms with E-state index in [0.29, 0.717) is 17.1 Å². The van der Waals surface area contributed by atoms with Crippen molar-refractivity contribution in [2.45, 2.75) is 6.61 Å². The fourth-order valence-corrected chi connectivity index (χ4v) is 3.65. The Balaban J connectivity index is 1.60. The highest BCUT2D eigenvalue weighted by molar-refractivity contribution is 7.21. The normalized spacial score (nSPS) is 10.8. The highest BCUT2D eigenvalue weighted by Crippen LogP contribution is 2.36. The highest BCUT2D eigenvalue weighted by atomic mass is 32.1. The Morgan fingerprint density at radius 3 is 2.58 bits per heavy atom. The summed E-state index contributed by atoms with van der Waals surface area (Å²) in [7, 11) is 1.59. The first-order valence-corrected chi connectivity index (χ1v) is 8.96. The molecule has 4 rings (SSSR count). The van der Waals surface area contributed by atoms with Gasteiger partial charge in [0.05, 0.1) is 17.3 Å². The van der Waals surface area contributed by atoms with Gasteiger partial charge in [-0.1, -0.05) is 30.3 Å². The fourth-order valence-electron chi connectivity index (χ4n) is 2.69. The zero-order valence-corrected chi connectivity index (χ0v) is 14.9. The lowest BCUT2D eigenvalue weighted by Gasteiger charge is -2.12. The van der Waals surface area contributed by atoms with Crippen molar-refractivity contribution >= 4 is 21.6 Å². The van der Waals surface area contributed by atoms with Crippen LogP contribution in [0.15, 0.2) is 66.7 Å². The molecule has 130 valence electrons. The maximum atomic E-state index is 13.7. The summed E-state index contributed by atoms with van der Waals surface area (Å²) < 4.78 is 26.1. The van der Waals surface area contributed by atoms with Crippen LogP contribution in [-0.2, 0) is 6.61 Å². The maximum Gasteiger partial charge on any atom is 0.161 e. The van der Waals surface area contributed by atoms with Crippen molar-refractivity contribution in [2.24, 2.45) is 0 Å². The number of para-hydroxylation sites is 1. The van der Waals surface area contributed by atoms with E-state index in [4.69, 9.17) is 9.47 Å². The van der Waals surface area contributed by atoms with Gasteiger partial charge in [-0.3, -0.25) is 0 Å². The van der Waals surface area contributed by atoms with Gasteiger partial charge >= 0.3 is 0 Å². The third-order valence-electron chi connectivity index (χ3n) is 4.05. The molecule has 1 aromatic heterocycles. The Labute approximate surface area is 154 Å². The average Bonchev–Trinajstić information content (AvgIpc) is 3.11. The zero-order valence-electron chi connectivity index (χ0n) is 14.1. The first kappa shape index (κ1) is 16.5. The van der Waals surface area contributed by atoms with E-state index in [0.717, 1.165) is 20.8 Å². The maximum absolute atomic E-state index is 13.7. The van der Waals surface area contributed by atoms with E-state index < -0.39 is 0 Å². The molecule has 3 nitrogen and oxygen atoms in total. The van der Waals surface area contributed by atoms with Gasteiger partial charge in [0, 0.05) is 11.1 Å². The summed E-state index contributed by atoms with van der Waals surface area (Å²) in [6.45, 7) is 0.142. The molecule has 0 bridgehead atoms. The standard InChI is InChI=1S/C21H16FNO2S/c1-24-19-12-14(21-23-17-8-4-5-9-20(17)26-21)10-11-18(19)25-13-15-6-2-3-7-16(15)22/h2-12H,13H2,1H3. The minimum absolute atomic E-state index is 0.142. The van der Waals surface area contributed by atoms with Crippen LogP contribution in [0.2, 0.25) is 0 Å². The van der Waals surface area contributed by atoms with E-state index in [-0.39, 0.29) is 12.4 Å². The number of ether oxygens (including phenoxy) is 2. The summed E-state index contributed by atoms with van der Waals surface area (Å²) in [5.41, 5.74) is 2.44. The molecule has 0 saturated carbocycles. The topological polar surface area (TPSA) is 31.4 Å². The van der Waals surface area contributed by atoms with Gasteiger partial charge < -0.3 is 9.47 Å². The molecule has 0 aliphatic carbocycles. The van der Waals surface area contributed by atoms with Crippen molar-refractivity contribution in [2.75, 3.05) is 7.11 Å². The van der Waals surface area contributed by atoms with Crippen LogP contribution in [-0.4, -0.2) is 12.1 Å². The van der Waals surface area contributed by atoms with Crippen LogP contribution in [0, 0.1) is 5.82 Å². The molecule has 26 heavy (non-hydrogen) atoms. The van der Waals surface area contributed by atoms with E-state index in [2.05, 4.69) is 11.1 Å². The minimum Gasteiger partial charge on any atom is -0.493 e. The van der Waals surface area contributed by atoms with E-state index >= 15 is 0 Å². The van der Waals surface area contributed by atoms with Crippen molar-refractivity contribution in [1.29, 1.82) is 0 Å². The lowest BCUT2D eigenvalue weighted by Crippen LogP contribution is -2.00. The minimum atomic E-state index is -0.280. The average molecular weight is 365 g/mol. The Kier molecular flexibility index (Phi) is 4.54. The molecule has 0 atom stereocenters. The summed E-state index contributed by atoms with van der Waals surface area (Å²) in [5.74, 6) is 0.885. The number of nitrogens with zero attached hydrogens (tertiary/aromatic N) is 1. The quantitative estimate of drug-likeness (QED) is 0.455. The van der Waals surface area contributed by atoms with Crippen LogP contribution in [0.1, 0.15) is 5.56 Å². The summed E-state index contributed by atoms with van der Waals surface area (Å²) in [4.78, 5) is 4.67. The van der Waals surface area contributed by atoms with Crippen LogP contribution in [0.25, 0.3) is 20.8 Å². The molecule has 0 saturated heterocycles. The van der Waals surface area contributed by atoms with Gasteiger partial charge in [-0.05, 0) is 36.4 Å². The molecule has 0 fully saturated rings. The number of aromatic nitrogens is 1. The number of hydrogen-bond donors (Lipinski definition) is 0. The molecule has 0 aliphatic rings. The number of hydrogen-bond acceptors (Lipinski definition) is 4. The molecular weight excluding hydrogens is 349 g/mol. The largest absolute Gasteiger partial charge is 0.493 e. The van der Waals surface area contributed by atoms with E-state index in [1.165, 1.54) is 6.07 Å². The van der Waals surface area contributed by atoms with E-state index in [1.807, 2.05) is 36.4 Å². The fraction of sp³-hybridized carbons (Fsp3) is 0.0952. The molecule has 0 N–H and O–H groups in total. The SMILES string of the molecule is COc1cc(-c2nc3ccccc3s2)ccc1OCc1ccccc1F. The molecule has 3 aromatic carbocycles. The summed E-state index contributed by atoms with van der Waals surface area (Å²) in [6.07, 6.45) is 0.